The van der Waals surface area contributed by atoms with Gasteiger partial charge in [0.25, 0.3) is 0 Å². The molecule has 1 saturated carbocycles. The highest BCUT2D eigenvalue weighted by Crippen LogP contribution is 2.43. The molecular formula is C28H48N6. The Balaban J connectivity index is 1.06. The van der Waals surface area contributed by atoms with E-state index in [2.05, 4.69) is 56.7 Å². The largest absolute Gasteiger partial charge is 0.368 e. The molecular weight excluding hydrogens is 420 g/mol. The molecule has 1 aromatic heterocycles. The molecule has 1 aromatic rings. The molecule has 4 fully saturated rings. The SMILES string of the molecule is CCN(CC)CCN1CCN(c2ccc(N3CCC4(CC3)CCN(C3CCC3)CC4)nc2)CC1. The number of piperidine rings is 2. The van der Waals surface area contributed by atoms with Crippen LogP contribution in [0.25, 0.3) is 0 Å². The molecule has 6 heteroatoms. The van der Waals surface area contributed by atoms with Gasteiger partial charge in [0, 0.05) is 58.4 Å². The Hall–Kier alpha value is -1.37. The number of pyridine rings is 1. The van der Waals surface area contributed by atoms with Crippen LogP contribution in [0.3, 0.4) is 0 Å². The molecule has 0 radical (unpaired) electrons. The number of piperazine rings is 1. The van der Waals surface area contributed by atoms with Crippen molar-refractivity contribution in [1.29, 1.82) is 0 Å². The van der Waals surface area contributed by atoms with Crippen molar-refractivity contribution in [3.63, 3.8) is 0 Å². The van der Waals surface area contributed by atoms with E-state index >= 15 is 0 Å². The number of likely N-dealkylation sites (N-methyl/N-ethyl adjacent to an activating group) is 1. The Kier molecular flexibility index (Phi) is 7.97. The number of likely N-dealkylation sites (tertiary alicyclic amines) is 1. The van der Waals surface area contributed by atoms with Crippen LogP contribution in [0.1, 0.15) is 58.8 Å². The van der Waals surface area contributed by atoms with Gasteiger partial charge in [-0.05, 0) is 82.3 Å². The molecule has 0 aromatic carbocycles. The van der Waals surface area contributed by atoms with Crippen LogP contribution in [0.5, 0.6) is 0 Å². The van der Waals surface area contributed by atoms with Crippen LogP contribution < -0.4 is 9.80 Å². The Bertz CT molecular complexity index is 733. The van der Waals surface area contributed by atoms with E-state index in [1.165, 1.54) is 95.7 Å². The predicted octanol–water partition coefficient (Wildman–Crippen LogP) is 3.78. The fraction of sp³-hybridized carbons (Fsp3) is 0.821. The van der Waals surface area contributed by atoms with E-state index in [4.69, 9.17) is 4.98 Å². The molecule has 190 valence electrons. The normalized spacial score (nSPS) is 24.7. The Labute approximate surface area is 208 Å². The molecule has 3 saturated heterocycles. The Morgan fingerprint density at radius 2 is 1.53 bits per heavy atom. The minimum absolute atomic E-state index is 0.613. The van der Waals surface area contributed by atoms with Crippen LogP contribution in [0.4, 0.5) is 11.5 Å². The fourth-order valence-electron chi connectivity index (χ4n) is 6.63. The van der Waals surface area contributed by atoms with Crippen molar-refractivity contribution in [1.82, 2.24) is 19.7 Å². The van der Waals surface area contributed by atoms with Crippen molar-refractivity contribution in [2.45, 2.75) is 64.8 Å². The topological polar surface area (TPSA) is 29.1 Å². The van der Waals surface area contributed by atoms with Crippen molar-refractivity contribution in [2.24, 2.45) is 5.41 Å². The van der Waals surface area contributed by atoms with Crippen molar-refractivity contribution < 1.29 is 0 Å². The van der Waals surface area contributed by atoms with E-state index in [1.807, 2.05) is 0 Å². The zero-order valence-electron chi connectivity index (χ0n) is 21.9. The second-order valence-corrected chi connectivity index (χ2v) is 11.3. The van der Waals surface area contributed by atoms with E-state index < -0.39 is 0 Å². The third-order valence-electron chi connectivity index (χ3n) is 9.69. The summed E-state index contributed by atoms with van der Waals surface area (Å²) in [6.07, 6.45) is 12.0. The first-order valence-corrected chi connectivity index (χ1v) is 14.3. The summed E-state index contributed by atoms with van der Waals surface area (Å²) >= 11 is 0. The third kappa shape index (κ3) is 5.55. The summed E-state index contributed by atoms with van der Waals surface area (Å²) in [4.78, 5) is 17.9. The first kappa shape index (κ1) is 24.3. The number of aromatic nitrogens is 1. The summed E-state index contributed by atoms with van der Waals surface area (Å²) in [6, 6.07) is 5.52. The molecule has 0 unspecified atom stereocenters. The lowest BCUT2D eigenvalue weighted by atomic mass is 9.70. The van der Waals surface area contributed by atoms with E-state index in [1.54, 1.807) is 0 Å². The molecule has 0 atom stereocenters. The first-order chi connectivity index (χ1) is 16.7. The maximum atomic E-state index is 4.92. The maximum absolute atomic E-state index is 4.92. The lowest BCUT2D eigenvalue weighted by Crippen LogP contribution is -2.51. The summed E-state index contributed by atoms with van der Waals surface area (Å²) in [6.45, 7) is 18.8. The third-order valence-corrected chi connectivity index (χ3v) is 9.69. The standard InChI is InChI=1S/C28H48N6/c1-3-30(4-2)18-19-31-20-22-33(23-21-31)26-8-9-27(29-24-26)34-16-12-28(13-17-34)10-14-32(15-11-28)25-6-5-7-25/h8-9,24-25H,3-7,10-23H2,1-2H3. The first-order valence-electron chi connectivity index (χ1n) is 14.3. The molecule has 34 heavy (non-hydrogen) atoms. The smallest absolute Gasteiger partial charge is 0.128 e. The maximum Gasteiger partial charge on any atom is 0.128 e. The average molecular weight is 469 g/mol. The highest BCUT2D eigenvalue weighted by molar-refractivity contribution is 5.51. The van der Waals surface area contributed by atoms with Crippen LogP contribution in [0.15, 0.2) is 18.3 Å². The summed E-state index contributed by atoms with van der Waals surface area (Å²) in [5, 5.41) is 0. The van der Waals surface area contributed by atoms with Crippen LogP contribution >= 0.6 is 0 Å². The van der Waals surface area contributed by atoms with Crippen molar-refractivity contribution in [3.05, 3.63) is 18.3 Å². The monoisotopic (exact) mass is 468 g/mol. The van der Waals surface area contributed by atoms with Crippen molar-refractivity contribution in [3.8, 4) is 0 Å². The Morgan fingerprint density at radius 1 is 0.853 bits per heavy atom. The second kappa shape index (κ2) is 11.1. The molecule has 6 nitrogen and oxygen atoms in total. The number of rotatable bonds is 8. The van der Waals surface area contributed by atoms with E-state index in [9.17, 15) is 0 Å². The zero-order chi connectivity index (χ0) is 23.4. The van der Waals surface area contributed by atoms with E-state index in [-0.39, 0.29) is 0 Å². The van der Waals surface area contributed by atoms with Gasteiger partial charge >= 0.3 is 0 Å². The Morgan fingerprint density at radius 3 is 2.09 bits per heavy atom. The highest BCUT2D eigenvalue weighted by Gasteiger charge is 2.39. The van der Waals surface area contributed by atoms with E-state index in [0.717, 1.165) is 45.3 Å². The summed E-state index contributed by atoms with van der Waals surface area (Å²) in [5.74, 6) is 1.18. The second-order valence-electron chi connectivity index (χ2n) is 11.3. The van der Waals surface area contributed by atoms with Gasteiger partial charge in [0.15, 0.2) is 0 Å². The molecule has 0 N–H and O–H groups in total. The van der Waals surface area contributed by atoms with Gasteiger partial charge in [0.05, 0.1) is 11.9 Å². The number of hydrogen-bond acceptors (Lipinski definition) is 6. The van der Waals surface area contributed by atoms with Gasteiger partial charge in [-0.3, -0.25) is 4.90 Å². The summed E-state index contributed by atoms with van der Waals surface area (Å²) in [5.41, 5.74) is 1.91. The van der Waals surface area contributed by atoms with Gasteiger partial charge < -0.3 is 19.6 Å². The zero-order valence-corrected chi connectivity index (χ0v) is 21.9. The molecule has 4 heterocycles. The molecule has 3 aliphatic heterocycles. The van der Waals surface area contributed by atoms with Crippen LogP contribution in [-0.4, -0.2) is 104 Å². The molecule has 1 aliphatic carbocycles. The minimum atomic E-state index is 0.613. The lowest BCUT2D eigenvalue weighted by Gasteiger charge is -2.50. The summed E-state index contributed by atoms with van der Waals surface area (Å²) < 4.78 is 0. The highest BCUT2D eigenvalue weighted by atomic mass is 15.3. The molecule has 4 aliphatic rings. The van der Waals surface area contributed by atoms with Gasteiger partial charge in [-0.2, -0.15) is 0 Å². The molecule has 0 bridgehead atoms. The van der Waals surface area contributed by atoms with Gasteiger partial charge in [-0.25, -0.2) is 4.98 Å². The molecule has 1 spiro atoms. The van der Waals surface area contributed by atoms with Crippen molar-refractivity contribution >= 4 is 11.5 Å². The molecule has 0 amide bonds. The number of hydrogen-bond donors (Lipinski definition) is 0. The number of anilines is 2. The van der Waals surface area contributed by atoms with Crippen LogP contribution in [0.2, 0.25) is 0 Å². The van der Waals surface area contributed by atoms with Crippen LogP contribution in [0, 0.1) is 5.41 Å². The minimum Gasteiger partial charge on any atom is -0.368 e. The lowest BCUT2D eigenvalue weighted by molar-refractivity contribution is 0.0305. The van der Waals surface area contributed by atoms with Crippen molar-refractivity contribution in [2.75, 3.05) is 88.3 Å². The van der Waals surface area contributed by atoms with Gasteiger partial charge in [0.2, 0.25) is 0 Å². The van der Waals surface area contributed by atoms with Gasteiger partial charge in [-0.15, -0.1) is 0 Å². The molecule has 5 rings (SSSR count). The average Bonchev–Trinajstić information content (AvgIpc) is 2.86. The van der Waals surface area contributed by atoms with E-state index in [0.29, 0.717) is 5.41 Å². The summed E-state index contributed by atoms with van der Waals surface area (Å²) in [7, 11) is 0. The van der Waals surface area contributed by atoms with Crippen LogP contribution in [-0.2, 0) is 0 Å². The fourth-order valence-corrected chi connectivity index (χ4v) is 6.63. The van der Waals surface area contributed by atoms with Gasteiger partial charge in [0.1, 0.15) is 5.82 Å². The quantitative estimate of drug-likeness (QED) is 0.577. The number of nitrogens with zero attached hydrogens (tertiary/aromatic N) is 6. The van der Waals surface area contributed by atoms with Gasteiger partial charge in [-0.1, -0.05) is 20.3 Å². The predicted molar refractivity (Wildman–Crippen MR) is 143 cm³/mol.